The first-order chi connectivity index (χ1) is 19.2. The molecule has 1 saturated heterocycles. The summed E-state index contributed by atoms with van der Waals surface area (Å²) in [6, 6.07) is 0. The summed E-state index contributed by atoms with van der Waals surface area (Å²) in [6.45, 7) is 29.9. The van der Waals surface area contributed by atoms with Gasteiger partial charge in [-0.1, -0.05) is 75.3 Å². The van der Waals surface area contributed by atoms with Gasteiger partial charge in [0, 0.05) is 13.0 Å². The normalized spacial score (nSPS) is 22.1. The molecular formula is C33H63NO6Si2. The number of hydrogen-bond acceptors (Lipinski definition) is 6. The average Bonchev–Trinajstić information content (AvgIpc) is 2.85. The Bertz CT molecular complexity index is 902. The van der Waals surface area contributed by atoms with E-state index in [4.69, 9.17) is 13.6 Å². The Hall–Kier alpha value is -1.30. The van der Waals surface area contributed by atoms with E-state index in [1.807, 2.05) is 13.8 Å². The summed E-state index contributed by atoms with van der Waals surface area (Å²) in [5, 5.41) is 3.01. The summed E-state index contributed by atoms with van der Waals surface area (Å²) in [5.41, 5.74) is 0.841. The number of carbonyl (C=O) groups excluding carboxylic acids is 3. The fraction of sp³-hybridized carbons (Fsp3) is 0.848. The molecule has 5 atom stereocenters. The van der Waals surface area contributed by atoms with Crippen molar-refractivity contribution in [3.8, 4) is 0 Å². The molecule has 0 aromatic rings. The van der Waals surface area contributed by atoms with Crippen LogP contribution in [0.25, 0.3) is 0 Å². The molecule has 1 aliphatic rings. The van der Waals surface area contributed by atoms with Crippen LogP contribution in [-0.2, 0) is 28.0 Å². The Balaban J connectivity index is 3.09. The molecule has 0 aliphatic carbocycles. The third-order valence-corrected chi connectivity index (χ3v) is 20.3. The van der Waals surface area contributed by atoms with Crippen LogP contribution in [0.3, 0.4) is 0 Å². The molecule has 0 aromatic heterocycles. The zero-order chi connectivity index (χ0) is 32.6. The van der Waals surface area contributed by atoms with Gasteiger partial charge in [0.05, 0.1) is 30.7 Å². The molecule has 0 unspecified atom stereocenters. The highest BCUT2D eigenvalue weighted by atomic mass is 28.4. The number of allylic oxidation sites excluding steroid dienone is 2. The van der Waals surface area contributed by atoms with Gasteiger partial charge in [-0.15, -0.1) is 0 Å². The number of ether oxygens (including phenoxy) is 1. The fourth-order valence-corrected chi connectivity index (χ4v) is 12.7. The fourth-order valence-electron chi connectivity index (χ4n) is 6.08. The van der Waals surface area contributed by atoms with Crippen LogP contribution in [0.5, 0.6) is 0 Å². The maximum Gasteiger partial charge on any atom is 0.298 e. The van der Waals surface area contributed by atoms with Crippen LogP contribution in [0.1, 0.15) is 109 Å². The lowest BCUT2D eigenvalue weighted by atomic mass is 9.90. The molecule has 7 nitrogen and oxygen atoms in total. The van der Waals surface area contributed by atoms with Gasteiger partial charge in [0.2, 0.25) is 5.91 Å². The summed E-state index contributed by atoms with van der Waals surface area (Å²) >= 11 is 0. The van der Waals surface area contributed by atoms with Crippen LogP contribution < -0.4 is 5.32 Å². The van der Waals surface area contributed by atoms with E-state index in [1.165, 1.54) is 0 Å². The van der Waals surface area contributed by atoms with Crippen molar-refractivity contribution in [1.82, 2.24) is 5.32 Å². The average molecular weight is 626 g/mol. The first kappa shape index (κ1) is 38.7. The predicted octanol–water partition coefficient (Wildman–Crippen LogP) is 7.96. The Morgan fingerprint density at radius 3 is 1.98 bits per heavy atom. The molecule has 1 heterocycles. The van der Waals surface area contributed by atoms with Gasteiger partial charge < -0.3 is 18.9 Å². The van der Waals surface area contributed by atoms with Crippen LogP contribution in [0.4, 0.5) is 0 Å². The van der Waals surface area contributed by atoms with Gasteiger partial charge in [0.25, 0.3) is 14.3 Å². The molecule has 0 saturated carbocycles. The molecule has 1 amide bonds. The van der Waals surface area contributed by atoms with Crippen LogP contribution in [0.15, 0.2) is 12.2 Å². The van der Waals surface area contributed by atoms with Crippen molar-refractivity contribution in [3.05, 3.63) is 12.2 Å². The molecule has 1 rings (SSSR count). The van der Waals surface area contributed by atoms with Crippen molar-refractivity contribution in [3.63, 3.8) is 0 Å². The van der Waals surface area contributed by atoms with Crippen molar-refractivity contribution in [2.45, 2.75) is 162 Å². The van der Waals surface area contributed by atoms with E-state index in [0.717, 1.165) is 12.8 Å². The minimum atomic E-state index is -2.43. The van der Waals surface area contributed by atoms with Crippen molar-refractivity contribution < 1.29 is 28.0 Å². The lowest BCUT2D eigenvalue weighted by Gasteiger charge is -2.44. The number of amides is 1. The summed E-state index contributed by atoms with van der Waals surface area (Å²) < 4.78 is 19.5. The largest absolute Gasteiger partial charge is 0.518 e. The van der Waals surface area contributed by atoms with E-state index in [1.54, 1.807) is 12.2 Å². The van der Waals surface area contributed by atoms with Gasteiger partial charge in [-0.2, -0.15) is 0 Å². The second kappa shape index (κ2) is 16.1. The van der Waals surface area contributed by atoms with E-state index >= 15 is 0 Å². The lowest BCUT2D eigenvalue weighted by molar-refractivity contribution is -0.144. The second-order valence-electron chi connectivity index (χ2n) is 15.0. The summed E-state index contributed by atoms with van der Waals surface area (Å²) in [4.78, 5) is 39.1. The topological polar surface area (TPSA) is 90.9 Å². The quantitative estimate of drug-likeness (QED) is 0.147. The van der Waals surface area contributed by atoms with E-state index in [0.29, 0.717) is 6.42 Å². The molecule has 1 fully saturated rings. The van der Waals surface area contributed by atoms with Crippen LogP contribution in [0.2, 0.25) is 34.8 Å². The Morgan fingerprint density at radius 2 is 1.50 bits per heavy atom. The van der Waals surface area contributed by atoms with E-state index in [-0.39, 0.29) is 70.4 Å². The van der Waals surface area contributed by atoms with Crippen LogP contribution >= 0.6 is 0 Å². The van der Waals surface area contributed by atoms with Crippen molar-refractivity contribution in [2.75, 3.05) is 6.54 Å². The molecule has 0 spiro atoms. The summed E-state index contributed by atoms with van der Waals surface area (Å²) in [6.07, 6.45) is 4.69. The van der Waals surface area contributed by atoms with Crippen LogP contribution in [-0.4, -0.2) is 59.2 Å². The highest BCUT2D eigenvalue weighted by Crippen LogP contribution is 2.43. The summed E-state index contributed by atoms with van der Waals surface area (Å²) in [7, 11) is -4.69. The predicted molar refractivity (Wildman–Crippen MR) is 177 cm³/mol. The first-order valence-electron chi connectivity index (χ1n) is 16.2. The zero-order valence-electron chi connectivity index (χ0n) is 29.3. The van der Waals surface area contributed by atoms with Gasteiger partial charge in [0.15, 0.2) is 14.1 Å². The standard InChI is InChI=1S/C33H63NO6Si2/c1-15-16-27(35)19-28-18-17-25(8)29(38-28)20-31(36)34-21-30(39-41(13,14)33(10,11)12)26(9)32(37)40-42(22(2)3,23(4)5)24(6)7/h15-16,22-26,28-30H,17-21H2,1-14H3,(H,34,36)/b16-15+/t25-,26+,28+,29-,30+/m0/s1. The van der Waals surface area contributed by atoms with Gasteiger partial charge >= 0.3 is 0 Å². The Morgan fingerprint density at radius 1 is 0.952 bits per heavy atom. The second-order valence-corrected chi connectivity index (χ2v) is 25.1. The molecule has 1 aliphatic heterocycles. The monoisotopic (exact) mass is 625 g/mol. The molecular weight excluding hydrogens is 563 g/mol. The van der Waals surface area contributed by atoms with Gasteiger partial charge in [-0.25, -0.2) is 0 Å². The minimum absolute atomic E-state index is 0.0474. The molecule has 0 radical (unpaired) electrons. The third kappa shape index (κ3) is 10.4. The van der Waals surface area contributed by atoms with E-state index < -0.39 is 28.7 Å². The van der Waals surface area contributed by atoms with Crippen molar-refractivity contribution in [2.24, 2.45) is 11.8 Å². The highest BCUT2D eigenvalue weighted by molar-refractivity contribution is 6.79. The SMILES string of the molecule is C/C=C/C(=O)C[C@H]1CC[C@H](C)[C@H](CC(=O)NC[C@@H](O[Si](C)(C)C(C)(C)C)[C@@H](C)C(=O)O[Si](C(C)C)(C(C)C)C(C)C)O1. The zero-order valence-corrected chi connectivity index (χ0v) is 31.3. The highest BCUT2D eigenvalue weighted by Gasteiger charge is 2.50. The smallest absolute Gasteiger partial charge is 0.298 e. The number of carbonyl (C=O) groups is 3. The maximum atomic E-state index is 13.8. The summed E-state index contributed by atoms with van der Waals surface area (Å²) in [5.74, 6) is -0.626. The van der Waals surface area contributed by atoms with Crippen molar-refractivity contribution in [1.29, 1.82) is 0 Å². The number of hydrogen-bond donors (Lipinski definition) is 1. The van der Waals surface area contributed by atoms with Crippen molar-refractivity contribution >= 4 is 34.3 Å². The van der Waals surface area contributed by atoms with Gasteiger partial charge in [-0.05, 0) is 73.4 Å². The molecule has 0 aromatic carbocycles. The number of rotatable bonds is 15. The maximum absolute atomic E-state index is 13.8. The van der Waals surface area contributed by atoms with Gasteiger partial charge in [-0.3, -0.25) is 14.4 Å². The van der Waals surface area contributed by atoms with E-state index in [2.05, 4.69) is 87.6 Å². The van der Waals surface area contributed by atoms with Crippen LogP contribution in [0, 0.1) is 11.8 Å². The first-order valence-corrected chi connectivity index (χ1v) is 21.2. The Kier molecular flexibility index (Phi) is 14.9. The lowest BCUT2D eigenvalue weighted by Crippen LogP contribution is -2.54. The molecule has 244 valence electrons. The molecule has 42 heavy (non-hydrogen) atoms. The van der Waals surface area contributed by atoms with E-state index in [9.17, 15) is 14.4 Å². The third-order valence-electron chi connectivity index (χ3n) is 9.78. The molecule has 0 bridgehead atoms. The molecule has 9 heteroatoms. The Labute approximate surface area is 259 Å². The number of ketones is 1. The molecule has 1 N–H and O–H groups in total. The minimum Gasteiger partial charge on any atom is -0.518 e. The number of nitrogens with one attached hydrogen (secondary N) is 1. The van der Waals surface area contributed by atoms with Gasteiger partial charge in [0.1, 0.15) is 0 Å².